The van der Waals surface area contributed by atoms with E-state index in [0.29, 0.717) is 0 Å². The summed E-state index contributed by atoms with van der Waals surface area (Å²) in [6, 6.07) is 2.22. The topological polar surface area (TPSA) is 15.3 Å². The third kappa shape index (κ3) is 2.98. The maximum absolute atomic E-state index is 3.87. The largest absolute Gasteiger partial charge is 0.310 e. The molecular formula is C14H28N2. The van der Waals surface area contributed by atoms with E-state index in [2.05, 4.69) is 31.1 Å². The highest BCUT2D eigenvalue weighted by molar-refractivity contribution is 4.88. The summed E-state index contributed by atoms with van der Waals surface area (Å²) in [7, 11) is 2.25. The fourth-order valence-electron chi connectivity index (χ4n) is 3.46. The molecule has 2 fully saturated rings. The van der Waals surface area contributed by atoms with Crippen LogP contribution in [0.2, 0.25) is 0 Å². The van der Waals surface area contributed by atoms with Gasteiger partial charge in [-0.15, -0.1) is 0 Å². The molecule has 0 spiro atoms. The maximum Gasteiger partial charge on any atom is 0.0212 e. The minimum atomic E-state index is 0.726. The zero-order valence-corrected chi connectivity index (χ0v) is 11.2. The van der Waals surface area contributed by atoms with Crippen LogP contribution in [0.5, 0.6) is 0 Å². The van der Waals surface area contributed by atoms with Gasteiger partial charge in [-0.1, -0.05) is 19.3 Å². The van der Waals surface area contributed by atoms with Gasteiger partial charge < -0.3 is 10.2 Å². The van der Waals surface area contributed by atoms with Gasteiger partial charge in [0.15, 0.2) is 0 Å². The van der Waals surface area contributed by atoms with E-state index in [-0.39, 0.29) is 0 Å². The molecule has 16 heavy (non-hydrogen) atoms. The normalized spacial score (nSPS) is 35.4. The zero-order chi connectivity index (χ0) is 11.5. The van der Waals surface area contributed by atoms with Gasteiger partial charge in [-0.25, -0.2) is 0 Å². The lowest BCUT2D eigenvalue weighted by Crippen LogP contribution is -2.42. The molecule has 2 aliphatic rings. The van der Waals surface area contributed by atoms with E-state index in [1.54, 1.807) is 0 Å². The van der Waals surface area contributed by atoms with Crippen molar-refractivity contribution < 1.29 is 0 Å². The molecular weight excluding hydrogens is 196 g/mol. The van der Waals surface area contributed by atoms with Gasteiger partial charge >= 0.3 is 0 Å². The van der Waals surface area contributed by atoms with Gasteiger partial charge in [0.2, 0.25) is 0 Å². The molecule has 1 aliphatic heterocycles. The Labute approximate surface area is 101 Å². The quantitative estimate of drug-likeness (QED) is 0.793. The Hall–Kier alpha value is -0.0800. The lowest BCUT2D eigenvalue weighted by Gasteiger charge is -2.30. The first kappa shape index (κ1) is 12.4. The molecule has 1 N–H and O–H groups in total. The van der Waals surface area contributed by atoms with E-state index in [1.165, 1.54) is 45.1 Å². The summed E-state index contributed by atoms with van der Waals surface area (Å²) >= 11 is 0. The molecule has 1 saturated heterocycles. The van der Waals surface area contributed by atoms with Crippen LogP contribution in [0.15, 0.2) is 0 Å². The van der Waals surface area contributed by atoms with Crippen LogP contribution >= 0.6 is 0 Å². The summed E-state index contributed by atoms with van der Waals surface area (Å²) in [6.07, 6.45) is 8.61. The lowest BCUT2D eigenvalue weighted by molar-refractivity contribution is 0.262. The predicted molar refractivity (Wildman–Crippen MR) is 69.7 cm³/mol. The fraction of sp³-hybridized carbons (Fsp3) is 1.00. The summed E-state index contributed by atoms with van der Waals surface area (Å²) in [4.78, 5) is 2.48. The Morgan fingerprint density at radius 1 is 1.19 bits per heavy atom. The highest BCUT2D eigenvalue weighted by Gasteiger charge is 2.29. The molecule has 0 radical (unpaired) electrons. The van der Waals surface area contributed by atoms with Crippen LogP contribution in [0.4, 0.5) is 0 Å². The van der Waals surface area contributed by atoms with Gasteiger partial charge in [0.1, 0.15) is 0 Å². The number of likely N-dealkylation sites (N-methyl/N-ethyl adjacent to an activating group) is 1. The molecule has 0 aromatic carbocycles. The molecule has 1 saturated carbocycles. The van der Waals surface area contributed by atoms with Crippen molar-refractivity contribution in [3.05, 3.63) is 0 Å². The Morgan fingerprint density at radius 2 is 1.88 bits per heavy atom. The fourth-order valence-corrected chi connectivity index (χ4v) is 3.46. The van der Waals surface area contributed by atoms with Crippen LogP contribution in [0, 0.1) is 5.92 Å². The molecule has 0 aromatic heterocycles. The maximum atomic E-state index is 3.87. The standard InChI is InChI=1S/C14H28N2/c1-11-9-14(10-16(11)3)15-12(2)13-7-5-4-6-8-13/h11-15H,4-10H2,1-3H3. The second-order valence-electron chi connectivity index (χ2n) is 6.07. The minimum Gasteiger partial charge on any atom is -0.310 e. The number of hydrogen-bond donors (Lipinski definition) is 1. The number of nitrogens with zero attached hydrogens (tertiary/aromatic N) is 1. The average molecular weight is 224 g/mol. The molecule has 2 nitrogen and oxygen atoms in total. The van der Waals surface area contributed by atoms with Gasteiger partial charge in [-0.05, 0) is 46.1 Å². The van der Waals surface area contributed by atoms with Gasteiger partial charge in [0.05, 0.1) is 0 Å². The summed E-state index contributed by atoms with van der Waals surface area (Å²) < 4.78 is 0. The Morgan fingerprint density at radius 3 is 2.44 bits per heavy atom. The van der Waals surface area contributed by atoms with E-state index in [1.807, 2.05) is 0 Å². The smallest absolute Gasteiger partial charge is 0.0212 e. The van der Waals surface area contributed by atoms with Crippen LogP contribution in [0.25, 0.3) is 0 Å². The molecule has 2 heteroatoms. The highest BCUT2D eigenvalue weighted by atomic mass is 15.2. The summed E-state index contributed by atoms with van der Waals surface area (Å²) in [6.45, 7) is 5.98. The molecule has 1 heterocycles. The van der Waals surface area contributed by atoms with Crippen molar-refractivity contribution in [2.45, 2.75) is 70.5 Å². The van der Waals surface area contributed by atoms with E-state index >= 15 is 0 Å². The van der Waals surface area contributed by atoms with Crippen molar-refractivity contribution in [1.29, 1.82) is 0 Å². The molecule has 3 unspecified atom stereocenters. The van der Waals surface area contributed by atoms with Crippen molar-refractivity contribution in [2.24, 2.45) is 5.92 Å². The molecule has 0 aromatic rings. The first-order chi connectivity index (χ1) is 7.66. The first-order valence-electron chi connectivity index (χ1n) is 7.13. The molecule has 2 rings (SSSR count). The van der Waals surface area contributed by atoms with Crippen LogP contribution in [-0.4, -0.2) is 36.6 Å². The number of rotatable bonds is 3. The Balaban J connectivity index is 1.76. The van der Waals surface area contributed by atoms with Crippen LogP contribution in [0.1, 0.15) is 52.4 Å². The van der Waals surface area contributed by atoms with Gasteiger partial charge in [0.25, 0.3) is 0 Å². The van der Waals surface area contributed by atoms with Crippen molar-refractivity contribution in [3.63, 3.8) is 0 Å². The molecule has 0 amide bonds. The number of hydrogen-bond acceptors (Lipinski definition) is 2. The van der Waals surface area contributed by atoms with Crippen molar-refractivity contribution in [3.8, 4) is 0 Å². The van der Waals surface area contributed by atoms with Crippen LogP contribution in [-0.2, 0) is 0 Å². The van der Waals surface area contributed by atoms with Gasteiger partial charge in [0, 0.05) is 24.7 Å². The van der Waals surface area contributed by atoms with Crippen molar-refractivity contribution >= 4 is 0 Å². The molecule has 0 bridgehead atoms. The van der Waals surface area contributed by atoms with E-state index in [9.17, 15) is 0 Å². The van der Waals surface area contributed by atoms with E-state index in [0.717, 1.165) is 24.0 Å². The average Bonchev–Trinajstić information content (AvgIpc) is 2.59. The molecule has 3 atom stereocenters. The van der Waals surface area contributed by atoms with Crippen molar-refractivity contribution in [2.75, 3.05) is 13.6 Å². The van der Waals surface area contributed by atoms with Crippen molar-refractivity contribution in [1.82, 2.24) is 10.2 Å². The van der Waals surface area contributed by atoms with E-state index < -0.39 is 0 Å². The van der Waals surface area contributed by atoms with Crippen LogP contribution in [0.3, 0.4) is 0 Å². The molecule has 94 valence electrons. The van der Waals surface area contributed by atoms with Crippen LogP contribution < -0.4 is 5.32 Å². The first-order valence-corrected chi connectivity index (χ1v) is 7.13. The minimum absolute atomic E-state index is 0.726. The monoisotopic (exact) mass is 224 g/mol. The van der Waals surface area contributed by atoms with Gasteiger partial charge in [-0.3, -0.25) is 0 Å². The lowest BCUT2D eigenvalue weighted by atomic mass is 9.84. The Kier molecular flexibility index (Phi) is 4.26. The highest BCUT2D eigenvalue weighted by Crippen LogP contribution is 2.27. The zero-order valence-electron chi connectivity index (χ0n) is 11.2. The number of nitrogens with one attached hydrogen (secondary N) is 1. The Bertz CT molecular complexity index is 201. The summed E-state index contributed by atoms with van der Waals surface area (Å²) in [5, 5.41) is 3.87. The van der Waals surface area contributed by atoms with Gasteiger partial charge in [-0.2, -0.15) is 0 Å². The third-order valence-electron chi connectivity index (χ3n) is 4.74. The third-order valence-corrected chi connectivity index (χ3v) is 4.74. The second-order valence-corrected chi connectivity index (χ2v) is 6.07. The van der Waals surface area contributed by atoms with E-state index in [4.69, 9.17) is 0 Å². The molecule has 1 aliphatic carbocycles. The predicted octanol–water partition coefficient (Wildman–Crippen LogP) is 2.64. The second kappa shape index (κ2) is 5.50. The summed E-state index contributed by atoms with van der Waals surface area (Å²) in [5.41, 5.74) is 0. The SMILES string of the molecule is CC(NC1CC(C)N(C)C1)C1CCCCC1. The number of likely N-dealkylation sites (tertiary alicyclic amines) is 1. The summed E-state index contributed by atoms with van der Waals surface area (Å²) in [5.74, 6) is 0.940.